The molecule has 0 spiro atoms. The molecule has 0 aromatic carbocycles. The van der Waals surface area contributed by atoms with E-state index >= 15 is 0 Å². The number of hydrogen-bond acceptors (Lipinski definition) is 5. The summed E-state index contributed by atoms with van der Waals surface area (Å²) in [7, 11) is 2.20. The van der Waals surface area contributed by atoms with E-state index < -0.39 is 0 Å². The van der Waals surface area contributed by atoms with Crippen molar-refractivity contribution >= 4 is 11.6 Å². The number of aryl methyl sites for hydroxylation is 1. The first-order chi connectivity index (χ1) is 9.19. The van der Waals surface area contributed by atoms with Crippen molar-refractivity contribution in [1.29, 1.82) is 0 Å². The van der Waals surface area contributed by atoms with Gasteiger partial charge < -0.3 is 16.0 Å². The van der Waals surface area contributed by atoms with E-state index in [1.54, 1.807) is 0 Å². The van der Waals surface area contributed by atoms with E-state index in [-0.39, 0.29) is 0 Å². The monoisotopic (exact) mass is 263 g/mol. The maximum Gasteiger partial charge on any atom is 0.133 e. The van der Waals surface area contributed by atoms with Crippen LogP contribution in [-0.4, -0.2) is 41.0 Å². The topological polar surface area (TPSA) is 67.1 Å². The lowest BCUT2D eigenvalue weighted by Gasteiger charge is -2.32. The Kier molecular flexibility index (Phi) is 4.96. The van der Waals surface area contributed by atoms with Crippen molar-refractivity contribution < 1.29 is 0 Å². The minimum absolute atomic E-state index is 0.554. The predicted molar refractivity (Wildman–Crippen MR) is 79.2 cm³/mol. The molecule has 2 rings (SSSR count). The van der Waals surface area contributed by atoms with Crippen LogP contribution in [0.5, 0.6) is 0 Å². The van der Waals surface area contributed by atoms with E-state index in [9.17, 15) is 0 Å². The van der Waals surface area contributed by atoms with Gasteiger partial charge in [0.2, 0.25) is 0 Å². The first-order valence-electron chi connectivity index (χ1n) is 7.26. The van der Waals surface area contributed by atoms with Crippen LogP contribution in [0.15, 0.2) is 6.07 Å². The van der Waals surface area contributed by atoms with Crippen molar-refractivity contribution in [2.75, 3.05) is 31.2 Å². The summed E-state index contributed by atoms with van der Waals surface area (Å²) in [6, 6.07) is 2.42. The standard InChI is InChI=1S/C14H25N5/c1-3-6-13-17-12(15)9-14(18-13)16-10-11-7-4-5-8-19(11)2/h9,11H,3-8,10H2,1-2H3,(H3,15,16,17,18). The lowest BCUT2D eigenvalue weighted by Crippen LogP contribution is -2.40. The smallest absolute Gasteiger partial charge is 0.133 e. The molecule has 0 saturated carbocycles. The number of anilines is 2. The van der Waals surface area contributed by atoms with Crippen molar-refractivity contribution in [2.24, 2.45) is 0 Å². The second kappa shape index (κ2) is 6.70. The fourth-order valence-electron chi connectivity index (χ4n) is 2.57. The molecule has 3 N–H and O–H groups in total. The number of aromatic nitrogens is 2. The van der Waals surface area contributed by atoms with Crippen LogP contribution in [0.25, 0.3) is 0 Å². The third kappa shape index (κ3) is 4.06. The molecule has 5 nitrogen and oxygen atoms in total. The molecule has 1 fully saturated rings. The van der Waals surface area contributed by atoms with Gasteiger partial charge in [0.15, 0.2) is 0 Å². The molecular formula is C14H25N5. The molecule has 2 heterocycles. The SMILES string of the molecule is CCCc1nc(N)cc(NCC2CCCCN2C)n1. The van der Waals surface area contributed by atoms with Gasteiger partial charge in [-0.25, -0.2) is 9.97 Å². The van der Waals surface area contributed by atoms with E-state index in [1.165, 1.54) is 25.8 Å². The van der Waals surface area contributed by atoms with E-state index in [2.05, 4.69) is 34.2 Å². The van der Waals surface area contributed by atoms with Crippen LogP contribution in [0.3, 0.4) is 0 Å². The fourth-order valence-corrected chi connectivity index (χ4v) is 2.57. The minimum Gasteiger partial charge on any atom is -0.384 e. The van der Waals surface area contributed by atoms with Gasteiger partial charge in [0.1, 0.15) is 17.5 Å². The van der Waals surface area contributed by atoms with Crippen molar-refractivity contribution in [1.82, 2.24) is 14.9 Å². The highest BCUT2D eigenvalue weighted by atomic mass is 15.2. The Morgan fingerprint density at radius 1 is 1.42 bits per heavy atom. The Morgan fingerprint density at radius 3 is 3.00 bits per heavy atom. The molecule has 1 aliphatic heterocycles. The lowest BCUT2D eigenvalue weighted by atomic mass is 10.0. The van der Waals surface area contributed by atoms with Crippen LogP contribution in [0.1, 0.15) is 38.4 Å². The number of likely N-dealkylation sites (N-methyl/N-ethyl adjacent to an activating group) is 1. The molecule has 0 amide bonds. The second-order valence-corrected chi connectivity index (χ2v) is 5.36. The van der Waals surface area contributed by atoms with Crippen molar-refractivity contribution in [3.63, 3.8) is 0 Å². The molecule has 1 aromatic heterocycles. The summed E-state index contributed by atoms with van der Waals surface area (Å²) >= 11 is 0. The molecule has 1 saturated heterocycles. The predicted octanol–water partition coefficient (Wildman–Crippen LogP) is 1.91. The van der Waals surface area contributed by atoms with Crippen LogP contribution in [0.2, 0.25) is 0 Å². The Balaban J connectivity index is 1.94. The fraction of sp³-hybridized carbons (Fsp3) is 0.714. The molecule has 0 aliphatic carbocycles. The third-order valence-electron chi connectivity index (χ3n) is 3.71. The number of nitrogens with one attached hydrogen (secondary N) is 1. The largest absolute Gasteiger partial charge is 0.384 e. The summed E-state index contributed by atoms with van der Waals surface area (Å²) in [6.07, 6.45) is 5.81. The maximum absolute atomic E-state index is 5.82. The van der Waals surface area contributed by atoms with Crippen LogP contribution in [-0.2, 0) is 6.42 Å². The summed E-state index contributed by atoms with van der Waals surface area (Å²) in [5.41, 5.74) is 5.82. The summed E-state index contributed by atoms with van der Waals surface area (Å²) in [5.74, 6) is 2.25. The molecule has 1 unspecified atom stereocenters. The highest BCUT2D eigenvalue weighted by Crippen LogP contribution is 2.16. The summed E-state index contributed by atoms with van der Waals surface area (Å²) in [5, 5.41) is 3.41. The number of nitrogens with zero attached hydrogens (tertiary/aromatic N) is 3. The number of piperidine rings is 1. The van der Waals surface area contributed by atoms with Crippen LogP contribution in [0.4, 0.5) is 11.6 Å². The van der Waals surface area contributed by atoms with Crippen molar-refractivity contribution in [3.05, 3.63) is 11.9 Å². The Labute approximate surface area is 115 Å². The van der Waals surface area contributed by atoms with Crippen LogP contribution in [0, 0.1) is 0 Å². The Morgan fingerprint density at radius 2 is 2.26 bits per heavy atom. The zero-order valence-corrected chi connectivity index (χ0v) is 12.0. The summed E-state index contributed by atoms with van der Waals surface area (Å²) in [6.45, 7) is 4.24. The van der Waals surface area contributed by atoms with E-state index in [0.29, 0.717) is 11.9 Å². The van der Waals surface area contributed by atoms with Crippen LogP contribution >= 0.6 is 0 Å². The lowest BCUT2D eigenvalue weighted by molar-refractivity contribution is 0.194. The second-order valence-electron chi connectivity index (χ2n) is 5.36. The Hall–Kier alpha value is -1.36. The van der Waals surface area contributed by atoms with Crippen LogP contribution < -0.4 is 11.1 Å². The first kappa shape index (κ1) is 14.1. The number of hydrogen-bond donors (Lipinski definition) is 2. The highest BCUT2D eigenvalue weighted by Gasteiger charge is 2.18. The molecule has 1 atom stereocenters. The number of likely N-dealkylation sites (tertiary alicyclic amines) is 1. The molecule has 0 bridgehead atoms. The molecule has 0 radical (unpaired) electrons. The van der Waals surface area contributed by atoms with E-state index in [0.717, 1.165) is 31.0 Å². The number of rotatable bonds is 5. The molecule has 5 heteroatoms. The normalized spacial score (nSPS) is 20.4. The summed E-state index contributed by atoms with van der Waals surface area (Å²) < 4.78 is 0. The summed E-state index contributed by atoms with van der Waals surface area (Å²) in [4.78, 5) is 11.2. The van der Waals surface area contributed by atoms with Gasteiger partial charge in [-0.05, 0) is 32.9 Å². The van der Waals surface area contributed by atoms with Gasteiger partial charge in [0.25, 0.3) is 0 Å². The third-order valence-corrected chi connectivity index (χ3v) is 3.71. The first-order valence-corrected chi connectivity index (χ1v) is 7.26. The molecule has 19 heavy (non-hydrogen) atoms. The average molecular weight is 263 g/mol. The quantitative estimate of drug-likeness (QED) is 0.849. The highest BCUT2D eigenvalue weighted by molar-refractivity contribution is 5.44. The Bertz CT molecular complexity index is 407. The van der Waals surface area contributed by atoms with Crippen molar-refractivity contribution in [2.45, 2.75) is 45.1 Å². The zero-order valence-electron chi connectivity index (χ0n) is 12.0. The van der Waals surface area contributed by atoms with E-state index in [1.807, 2.05) is 6.07 Å². The molecule has 1 aromatic rings. The minimum atomic E-state index is 0.554. The number of nitrogen functional groups attached to an aromatic ring is 1. The van der Waals surface area contributed by atoms with Gasteiger partial charge in [-0.2, -0.15) is 0 Å². The van der Waals surface area contributed by atoms with Gasteiger partial charge in [-0.3, -0.25) is 0 Å². The van der Waals surface area contributed by atoms with Gasteiger partial charge in [0, 0.05) is 25.1 Å². The number of nitrogens with two attached hydrogens (primary N) is 1. The maximum atomic E-state index is 5.82. The van der Waals surface area contributed by atoms with Gasteiger partial charge in [-0.1, -0.05) is 13.3 Å². The van der Waals surface area contributed by atoms with E-state index in [4.69, 9.17) is 5.73 Å². The van der Waals surface area contributed by atoms with Gasteiger partial charge >= 0.3 is 0 Å². The molecule has 1 aliphatic rings. The molecule has 106 valence electrons. The van der Waals surface area contributed by atoms with Gasteiger partial charge in [0.05, 0.1) is 0 Å². The molecular weight excluding hydrogens is 238 g/mol. The van der Waals surface area contributed by atoms with Gasteiger partial charge in [-0.15, -0.1) is 0 Å². The average Bonchev–Trinajstić information content (AvgIpc) is 2.37. The van der Waals surface area contributed by atoms with Crippen molar-refractivity contribution in [3.8, 4) is 0 Å². The zero-order chi connectivity index (χ0) is 13.7.